The minimum atomic E-state index is 0.738. The average Bonchev–Trinajstić information content (AvgIpc) is 2.47. The fourth-order valence-electron chi connectivity index (χ4n) is 1.64. The van der Waals surface area contributed by atoms with Gasteiger partial charge >= 0.3 is 0 Å². The summed E-state index contributed by atoms with van der Waals surface area (Å²) >= 11 is 3.41. The van der Waals surface area contributed by atoms with E-state index in [1.165, 1.54) is 0 Å². The van der Waals surface area contributed by atoms with Crippen molar-refractivity contribution in [2.45, 2.75) is 6.42 Å². The molecule has 0 unspecified atom stereocenters. The first-order chi connectivity index (χ1) is 9.78. The van der Waals surface area contributed by atoms with E-state index >= 15 is 0 Å². The Bertz CT molecular complexity index is 533. The number of halogens is 1. The molecule has 20 heavy (non-hydrogen) atoms. The number of aromatic nitrogens is 2. The van der Waals surface area contributed by atoms with Crippen molar-refractivity contribution in [2.75, 3.05) is 30.9 Å². The summed E-state index contributed by atoms with van der Waals surface area (Å²) in [6, 6.07) is 9.81. The summed E-state index contributed by atoms with van der Waals surface area (Å²) < 4.78 is 6.05. The number of anilines is 3. The third-order valence-corrected chi connectivity index (χ3v) is 3.14. The van der Waals surface area contributed by atoms with Crippen LogP contribution in [0.2, 0.25) is 0 Å². The van der Waals surface area contributed by atoms with Crippen LogP contribution in [-0.4, -0.2) is 30.2 Å². The van der Waals surface area contributed by atoms with Crippen LogP contribution in [0.25, 0.3) is 0 Å². The van der Waals surface area contributed by atoms with Gasteiger partial charge in [0.1, 0.15) is 18.0 Å². The highest BCUT2D eigenvalue weighted by molar-refractivity contribution is 9.10. The van der Waals surface area contributed by atoms with Crippen LogP contribution in [0.15, 0.2) is 41.1 Å². The molecule has 0 saturated heterocycles. The van der Waals surface area contributed by atoms with Gasteiger partial charge in [-0.15, -0.1) is 0 Å². The molecule has 1 aromatic carbocycles. The van der Waals surface area contributed by atoms with Crippen LogP contribution >= 0.6 is 15.9 Å². The summed E-state index contributed by atoms with van der Waals surface area (Å²) in [6.45, 7) is 1.56. The second-order valence-electron chi connectivity index (χ2n) is 4.19. The van der Waals surface area contributed by atoms with Crippen LogP contribution in [0.1, 0.15) is 6.42 Å². The van der Waals surface area contributed by atoms with Gasteiger partial charge in [0.2, 0.25) is 0 Å². The van der Waals surface area contributed by atoms with E-state index in [4.69, 9.17) is 4.74 Å². The van der Waals surface area contributed by atoms with Gasteiger partial charge in [-0.1, -0.05) is 15.9 Å². The molecule has 1 heterocycles. The number of hydrogen-bond donors (Lipinski definition) is 2. The molecule has 1 aromatic heterocycles. The molecule has 2 aromatic rings. The Hall–Kier alpha value is -1.66. The van der Waals surface area contributed by atoms with Crippen LogP contribution in [-0.2, 0) is 4.74 Å². The van der Waals surface area contributed by atoms with E-state index in [9.17, 15) is 0 Å². The Balaban J connectivity index is 1.93. The molecule has 5 nitrogen and oxygen atoms in total. The molecule has 0 atom stereocenters. The van der Waals surface area contributed by atoms with E-state index in [0.29, 0.717) is 0 Å². The molecule has 0 amide bonds. The lowest BCUT2D eigenvalue weighted by Crippen LogP contribution is -2.06. The Labute approximate surface area is 126 Å². The highest BCUT2D eigenvalue weighted by Gasteiger charge is 1.99. The van der Waals surface area contributed by atoms with Gasteiger partial charge in [0.15, 0.2) is 0 Å². The lowest BCUT2D eigenvalue weighted by Gasteiger charge is -2.08. The molecule has 6 heteroatoms. The summed E-state index contributed by atoms with van der Waals surface area (Å²) in [5, 5.41) is 6.47. The molecule has 2 rings (SSSR count). The van der Waals surface area contributed by atoms with Crippen LogP contribution in [0.3, 0.4) is 0 Å². The Kier molecular flexibility index (Phi) is 5.76. The van der Waals surface area contributed by atoms with E-state index in [0.717, 1.165) is 41.4 Å². The van der Waals surface area contributed by atoms with Crippen molar-refractivity contribution in [3.63, 3.8) is 0 Å². The molecule has 0 spiro atoms. The Morgan fingerprint density at radius 1 is 1.15 bits per heavy atom. The first-order valence-electron chi connectivity index (χ1n) is 6.35. The highest BCUT2D eigenvalue weighted by atomic mass is 79.9. The standard InChI is InChI=1S/C14H17BrN4O/c1-20-8-2-7-16-13-9-14(18-10-17-13)19-12-5-3-11(15)4-6-12/h3-6,9-10H,2,7-8H2,1H3,(H2,16,17,18,19). The molecule has 0 fully saturated rings. The second-order valence-corrected chi connectivity index (χ2v) is 5.11. The van der Waals surface area contributed by atoms with Gasteiger partial charge in [0.05, 0.1) is 0 Å². The summed E-state index contributed by atoms with van der Waals surface area (Å²) in [6.07, 6.45) is 2.48. The Morgan fingerprint density at radius 2 is 1.90 bits per heavy atom. The van der Waals surface area contributed by atoms with Crippen molar-refractivity contribution in [3.05, 3.63) is 41.1 Å². The smallest absolute Gasteiger partial charge is 0.135 e. The molecule has 0 aliphatic rings. The number of benzene rings is 1. The molecule has 0 bridgehead atoms. The normalized spacial score (nSPS) is 10.3. The van der Waals surface area contributed by atoms with E-state index in [1.807, 2.05) is 30.3 Å². The summed E-state index contributed by atoms with van der Waals surface area (Å²) in [4.78, 5) is 8.39. The highest BCUT2D eigenvalue weighted by Crippen LogP contribution is 2.18. The third-order valence-electron chi connectivity index (χ3n) is 2.62. The Morgan fingerprint density at radius 3 is 2.65 bits per heavy atom. The summed E-state index contributed by atoms with van der Waals surface area (Å²) in [7, 11) is 1.70. The van der Waals surface area contributed by atoms with Crippen molar-refractivity contribution in [1.29, 1.82) is 0 Å². The molecule has 0 radical (unpaired) electrons. The maximum atomic E-state index is 5.00. The minimum absolute atomic E-state index is 0.738. The van der Waals surface area contributed by atoms with Gasteiger partial charge in [-0.3, -0.25) is 0 Å². The molecule has 2 N–H and O–H groups in total. The van der Waals surface area contributed by atoms with Gasteiger partial charge in [-0.25, -0.2) is 9.97 Å². The topological polar surface area (TPSA) is 59.1 Å². The molecule has 106 valence electrons. The van der Waals surface area contributed by atoms with Gasteiger partial charge < -0.3 is 15.4 Å². The van der Waals surface area contributed by atoms with E-state index < -0.39 is 0 Å². The molecule has 0 saturated carbocycles. The molecular formula is C14H17BrN4O. The zero-order chi connectivity index (χ0) is 14.2. The van der Waals surface area contributed by atoms with Crippen LogP contribution in [0.5, 0.6) is 0 Å². The fraction of sp³-hybridized carbons (Fsp3) is 0.286. The zero-order valence-electron chi connectivity index (χ0n) is 11.3. The van der Waals surface area contributed by atoms with Crippen molar-refractivity contribution < 1.29 is 4.74 Å². The van der Waals surface area contributed by atoms with Crippen molar-refractivity contribution >= 4 is 33.3 Å². The molecule has 0 aliphatic heterocycles. The van der Waals surface area contributed by atoms with Crippen molar-refractivity contribution in [2.24, 2.45) is 0 Å². The van der Waals surface area contributed by atoms with Gasteiger partial charge in [-0.2, -0.15) is 0 Å². The van der Waals surface area contributed by atoms with Crippen LogP contribution in [0, 0.1) is 0 Å². The molecule has 0 aliphatic carbocycles. The number of hydrogen-bond acceptors (Lipinski definition) is 5. The predicted octanol–water partition coefficient (Wildman–Crippen LogP) is 3.43. The monoisotopic (exact) mass is 336 g/mol. The van der Waals surface area contributed by atoms with Crippen LogP contribution in [0.4, 0.5) is 17.3 Å². The van der Waals surface area contributed by atoms with Gasteiger partial charge in [-0.05, 0) is 30.7 Å². The lowest BCUT2D eigenvalue weighted by atomic mass is 10.3. The number of ether oxygens (including phenoxy) is 1. The van der Waals surface area contributed by atoms with Crippen molar-refractivity contribution in [1.82, 2.24) is 9.97 Å². The summed E-state index contributed by atoms with van der Waals surface area (Å²) in [5.74, 6) is 1.56. The quantitative estimate of drug-likeness (QED) is 0.758. The third kappa shape index (κ3) is 4.79. The summed E-state index contributed by atoms with van der Waals surface area (Å²) in [5.41, 5.74) is 0.984. The SMILES string of the molecule is COCCCNc1cc(Nc2ccc(Br)cc2)ncn1. The van der Waals surface area contributed by atoms with E-state index in [2.05, 4.69) is 36.5 Å². The van der Waals surface area contributed by atoms with E-state index in [-0.39, 0.29) is 0 Å². The number of rotatable bonds is 7. The van der Waals surface area contributed by atoms with Crippen LogP contribution < -0.4 is 10.6 Å². The average molecular weight is 337 g/mol. The number of nitrogens with zero attached hydrogens (tertiary/aromatic N) is 2. The van der Waals surface area contributed by atoms with E-state index in [1.54, 1.807) is 13.4 Å². The van der Waals surface area contributed by atoms with Crippen molar-refractivity contribution in [3.8, 4) is 0 Å². The largest absolute Gasteiger partial charge is 0.385 e. The predicted molar refractivity (Wildman–Crippen MR) is 84.4 cm³/mol. The zero-order valence-corrected chi connectivity index (χ0v) is 12.9. The number of nitrogens with one attached hydrogen (secondary N) is 2. The number of methoxy groups -OCH3 is 1. The van der Waals surface area contributed by atoms with Gasteiger partial charge in [0, 0.05) is 36.5 Å². The fourth-order valence-corrected chi connectivity index (χ4v) is 1.90. The van der Waals surface area contributed by atoms with Gasteiger partial charge in [0.25, 0.3) is 0 Å². The maximum Gasteiger partial charge on any atom is 0.135 e. The lowest BCUT2D eigenvalue weighted by molar-refractivity contribution is 0.198. The first kappa shape index (κ1) is 14.7. The minimum Gasteiger partial charge on any atom is -0.385 e. The molecular weight excluding hydrogens is 320 g/mol. The first-order valence-corrected chi connectivity index (χ1v) is 7.14. The maximum absolute atomic E-state index is 5.00. The second kappa shape index (κ2) is 7.81.